The topological polar surface area (TPSA) is 79.0 Å². The third-order valence-electron chi connectivity index (χ3n) is 1.59. The average molecular weight is 356 g/mol. The fourth-order valence-corrected chi connectivity index (χ4v) is 0.964. The molecule has 5 nitrogen and oxygen atoms in total. The molecule has 0 radical (unpaired) electrons. The van der Waals surface area contributed by atoms with Crippen LogP contribution in [0.25, 0.3) is 0 Å². The molecule has 0 aliphatic rings. The van der Waals surface area contributed by atoms with Crippen LogP contribution in [0.2, 0.25) is 0 Å². The summed E-state index contributed by atoms with van der Waals surface area (Å²) >= 11 is 0. The fourth-order valence-electron chi connectivity index (χ4n) is 0.964. The Morgan fingerprint density at radius 1 is 1.00 bits per heavy atom. The van der Waals surface area contributed by atoms with Gasteiger partial charge in [-0.05, 0) is 12.1 Å². The van der Waals surface area contributed by atoms with Crippen molar-refractivity contribution in [3.8, 4) is 6.07 Å². The smallest absolute Gasteiger partial charge is 0.293 e. The number of nitro benzene ring substituents is 1. The Labute approximate surface area is 156 Å². The number of hydrogen-bond acceptors (Lipinski definition) is 4. The summed E-state index contributed by atoms with van der Waals surface area (Å²) in [5, 5.41) is 21.7. The molecule has 0 saturated heterocycles. The summed E-state index contributed by atoms with van der Waals surface area (Å²) in [5.41, 5.74) is 0.608. The zero-order valence-corrected chi connectivity index (χ0v) is 18.4. The summed E-state index contributed by atoms with van der Waals surface area (Å²) in [6, 6.07) is 6.12. The minimum Gasteiger partial charge on any atom is -0.383 e. The molecule has 0 aliphatic heterocycles. The van der Waals surface area contributed by atoms with E-state index in [1.165, 1.54) is 31.0 Å². The zero-order chi connectivity index (χ0) is 21.3. The second kappa shape index (κ2) is 33.5. The van der Waals surface area contributed by atoms with Crippen molar-refractivity contribution in [2.45, 2.75) is 82.1 Å². The second-order valence-corrected chi connectivity index (χ2v) is 3.77. The summed E-state index contributed by atoms with van der Waals surface area (Å²) in [4.78, 5) is 9.98. The highest BCUT2D eigenvalue weighted by Gasteiger charge is 2.12. The lowest BCUT2D eigenvalue weighted by Gasteiger charge is -2.00. The fraction of sp³-hybridized carbons (Fsp3) is 0.650. The second-order valence-electron chi connectivity index (χ2n) is 3.77. The molecule has 1 N–H and O–H groups in total. The molecule has 0 atom stereocenters. The highest BCUT2D eigenvalue weighted by atomic mass is 16.6. The Hall–Kier alpha value is -2.09. The van der Waals surface area contributed by atoms with E-state index in [2.05, 4.69) is 33.0 Å². The van der Waals surface area contributed by atoms with E-state index in [1.54, 1.807) is 7.05 Å². The lowest BCUT2D eigenvalue weighted by Crippen LogP contribution is -1.96. The first-order chi connectivity index (χ1) is 12.0. The number of nitro groups is 1. The molecule has 25 heavy (non-hydrogen) atoms. The maximum absolute atomic E-state index is 10.5. The first-order valence-corrected chi connectivity index (χ1v) is 9.38. The van der Waals surface area contributed by atoms with Crippen LogP contribution >= 0.6 is 0 Å². The molecule has 5 heteroatoms. The van der Waals surface area contributed by atoms with E-state index in [4.69, 9.17) is 5.26 Å². The summed E-state index contributed by atoms with van der Waals surface area (Å²) in [5.74, 6) is 0. The first kappa shape index (κ1) is 34.3. The van der Waals surface area contributed by atoms with Gasteiger partial charge in [0.1, 0.15) is 5.69 Å². The van der Waals surface area contributed by atoms with Crippen LogP contribution in [0.15, 0.2) is 18.2 Å². The van der Waals surface area contributed by atoms with Crippen LogP contribution in [-0.4, -0.2) is 12.0 Å². The number of nitriles is 1. The van der Waals surface area contributed by atoms with E-state index in [1.807, 2.05) is 47.6 Å². The molecule has 0 fully saturated rings. The van der Waals surface area contributed by atoms with Gasteiger partial charge < -0.3 is 5.32 Å². The predicted octanol–water partition coefficient (Wildman–Crippen LogP) is 7.42. The lowest BCUT2D eigenvalue weighted by molar-refractivity contribution is -0.384. The molecule has 0 unspecified atom stereocenters. The molecule has 0 saturated carbocycles. The largest absolute Gasteiger partial charge is 0.383 e. The van der Waals surface area contributed by atoms with Crippen molar-refractivity contribution in [2.75, 3.05) is 12.4 Å². The maximum atomic E-state index is 10.5. The van der Waals surface area contributed by atoms with E-state index in [9.17, 15) is 10.1 Å². The minimum absolute atomic E-state index is 0.0819. The summed E-state index contributed by atoms with van der Waals surface area (Å²) in [7, 11) is 1.59. The molecule has 1 rings (SSSR count). The van der Waals surface area contributed by atoms with E-state index in [0.29, 0.717) is 5.69 Å². The number of anilines is 1. The number of hydrogen-bond donors (Lipinski definition) is 1. The van der Waals surface area contributed by atoms with Gasteiger partial charge in [0.2, 0.25) is 0 Å². The van der Waals surface area contributed by atoms with Crippen LogP contribution < -0.4 is 5.32 Å². The normalized spacial score (nSPS) is 6.80. The Morgan fingerprint density at radius 3 is 1.60 bits per heavy atom. The van der Waals surface area contributed by atoms with Crippen LogP contribution in [0.1, 0.15) is 87.6 Å². The summed E-state index contributed by atoms with van der Waals surface area (Å²) in [6.45, 7) is 20.5. The molecule has 1 aromatic carbocycles. The minimum atomic E-state index is -0.521. The van der Waals surface area contributed by atoms with E-state index >= 15 is 0 Å². The standard InChI is InChI=1S/C8H7N3O2.2C3H8.3C2H6/c1-10-7-3-2-6(5-9)4-8(7)11(12)13;2*1-3-2;3*1-2/h2-4,10H,1H3;2*3H2,1-2H3;3*1-2H3. The van der Waals surface area contributed by atoms with Crippen LogP contribution in [0.4, 0.5) is 11.4 Å². The monoisotopic (exact) mass is 355 g/mol. The van der Waals surface area contributed by atoms with Crippen LogP contribution in [0.3, 0.4) is 0 Å². The van der Waals surface area contributed by atoms with Crippen molar-refractivity contribution >= 4 is 11.4 Å². The van der Waals surface area contributed by atoms with Gasteiger partial charge in [0.05, 0.1) is 16.6 Å². The molecular formula is C20H41N3O2. The van der Waals surface area contributed by atoms with Crippen molar-refractivity contribution in [1.29, 1.82) is 5.26 Å². The van der Waals surface area contributed by atoms with Gasteiger partial charge in [0.25, 0.3) is 5.69 Å². The zero-order valence-electron chi connectivity index (χ0n) is 18.4. The van der Waals surface area contributed by atoms with Crippen molar-refractivity contribution in [3.05, 3.63) is 33.9 Å². The van der Waals surface area contributed by atoms with Gasteiger partial charge in [0, 0.05) is 13.1 Å². The van der Waals surface area contributed by atoms with Crippen molar-refractivity contribution in [3.63, 3.8) is 0 Å². The van der Waals surface area contributed by atoms with E-state index in [0.717, 1.165) is 0 Å². The highest BCUT2D eigenvalue weighted by molar-refractivity contribution is 5.63. The lowest BCUT2D eigenvalue weighted by atomic mass is 10.2. The number of benzene rings is 1. The number of nitrogens with zero attached hydrogens (tertiary/aromatic N) is 2. The number of rotatable bonds is 2. The van der Waals surface area contributed by atoms with Gasteiger partial charge in [-0.25, -0.2) is 0 Å². The molecule has 0 heterocycles. The van der Waals surface area contributed by atoms with Crippen molar-refractivity contribution in [1.82, 2.24) is 0 Å². The van der Waals surface area contributed by atoms with Gasteiger partial charge in [-0.1, -0.05) is 82.1 Å². The molecule has 0 aliphatic carbocycles. The molecule has 148 valence electrons. The quantitative estimate of drug-likeness (QED) is 0.442. The summed E-state index contributed by atoms with van der Waals surface area (Å²) < 4.78 is 0. The van der Waals surface area contributed by atoms with Crippen molar-refractivity contribution in [2.24, 2.45) is 0 Å². The molecule has 0 aromatic heterocycles. The van der Waals surface area contributed by atoms with Crippen LogP contribution in [0, 0.1) is 21.4 Å². The molecular weight excluding hydrogens is 314 g/mol. The first-order valence-electron chi connectivity index (χ1n) is 9.38. The summed E-state index contributed by atoms with van der Waals surface area (Å²) in [6.07, 6.45) is 2.50. The van der Waals surface area contributed by atoms with Gasteiger partial charge >= 0.3 is 0 Å². The average Bonchev–Trinajstić information content (AvgIpc) is 2.67. The van der Waals surface area contributed by atoms with Crippen molar-refractivity contribution < 1.29 is 4.92 Å². The van der Waals surface area contributed by atoms with Crippen LogP contribution in [0.5, 0.6) is 0 Å². The van der Waals surface area contributed by atoms with Gasteiger partial charge in [-0.15, -0.1) is 0 Å². The highest BCUT2D eigenvalue weighted by Crippen LogP contribution is 2.24. The Bertz CT molecular complexity index is 412. The maximum Gasteiger partial charge on any atom is 0.293 e. The SMILES string of the molecule is CC.CC.CC.CCC.CCC.CNc1ccc(C#N)cc1[N+](=O)[O-]. The van der Waals surface area contributed by atoms with Gasteiger partial charge in [-0.3, -0.25) is 10.1 Å². The predicted molar refractivity (Wildman–Crippen MR) is 113 cm³/mol. The molecule has 0 amide bonds. The van der Waals surface area contributed by atoms with E-state index in [-0.39, 0.29) is 11.3 Å². The van der Waals surface area contributed by atoms with Gasteiger partial charge in [-0.2, -0.15) is 5.26 Å². The third-order valence-corrected chi connectivity index (χ3v) is 1.59. The van der Waals surface area contributed by atoms with E-state index < -0.39 is 4.92 Å². The molecule has 1 aromatic rings. The van der Waals surface area contributed by atoms with Gasteiger partial charge in [0.15, 0.2) is 0 Å². The molecule has 0 spiro atoms. The third kappa shape index (κ3) is 24.3. The Morgan fingerprint density at radius 2 is 1.36 bits per heavy atom. The molecule has 0 bridgehead atoms. The Balaban J connectivity index is -0.0000000930. The van der Waals surface area contributed by atoms with Crippen LogP contribution in [-0.2, 0) is 0 Å². The Kier molecular flexibility index (Phi) is 45.9. The number of nitrogens with one attached hydrogen (secondary N) is 1.